The van der Waals surface area contributed by atoms with Crippen molar-refractivity contribution in [1.82, 2.24) is 10.6 Å². The van der Waals surface area contributed by atoms with E-state index in [1.807, 2.05) is 24.3 Å². The van der Waals surface area contributed by atoms with Gasteiger partial charge in [0.05, 0.1) is 10.7 Å². The Balaban J connectivity index is 0.00000208. The lowest BCUT2D eigenvalue weighted by Gasteiger charge is -2.12. The number of ether oxygens (including phenoxy) is 2. The first-order chi connectivity index (χ1) is 11.3. The van der Waals surface area contributed by atoms with E-state index in [0.29, 0.717) is 6.54 Å². The lowest BCUT2D eigenvalue weighted by atomic mass is 10.2. The van der Waals surface area contributed by atoms with Gasteiger partial charge in [0, 0.05) is 26.6 Å². The summed E-state index contributed by atoms with van der Waals surface area (Å²) in [5.74, 6) is 3.21. The van der Waals surface area contributed by atoms with Gasteiger partial charge < -0.3 is 24.5 Å². The minimum atomic E-state index is 0. The average molecular weight is 508 g/mol. The molecule has 130 valence electrons. The Bertz CT molecular complexity index is 692. The molecule has 0 aliphatic carbocycles. The van der Waals surface area contributed by atoms with E-state index in [1.54, 1.807) is 13.3 Å². The van der Waals surface area contributed by atoms with Gasteiger partial charge in [0.2, 0.25) is 6.79 Å². The van der Waals surface area contributed by atoms with Crippen molar-refractivity contribution in [3.63, 3.8) is 0 Å². The molecule has 0 spiro atoms. The Morgan fingerprint density at radius 3 is 2.92 bits per heavy atom. The number of guanidine groups is 1. The molecular weight excluding hydrogens is 489 g/mol. The van der Waals surface area contributed by atoms with Gasteiger partial charge in [-0.1, -0.05) is 0 Å². The summed E-state index contributed by atoms with van der Waals surface area (Å²) >= 11 is 3.50. The zero-order valence-corrected chi connectivity index (χ0v) is 17.1. The zero-order valence-electron chi connectivity index (χ0n) is 13.2. The van der Waals surface area contributed by atoms with Crippen molar-refractivity contribution in [3.8, 4) is 11.5 Å². The molecule has 3 rings (SSSR count). The molecule has 0 radical (unpaired) electrons. The maximum absolute atomic E-state index is 5.42. The highest BCUT2D eigenvalue weighted by Gasteiger charge is 2.17. The molecule has 8 heteroatoms. The first-order valence-corrected chi connectivity index (χ1v) is 8.10. The highest BCUT2D eigenvalue weighted by Crippen LogP contribution is 2.39. The summed E-state index contributed by atoms with van der Waals surface area (Å²) in [5.41, 5.74) is 1.08. The van der Waals surface area contributed by atoms with E-state index in [0.717, 1.165) is 46.2 Å². The van der Waals surface area contributed by atoms with Crippen LogP contribution in [0.3, 0.4) is 0 Å². The third-order valence-electron chi connectivity index (χ3n) is 3.41. The molecule has 0 atom stereocenters. The topological polar surface area (TPSA) is 68.0 Å². The van der Waals surface area contributed by atoms with Gasteiger partial charge in [-0.3, -0.25) is 4.99 Å². The number of halogens is 2. The number of fused-ring (bicyclic) bond motifs is 1. The third kappa shape index (κ3) is 4.79. The van der Waals surface area contributed by atoms with Crippen molar-refractivity contribution < 1.29 is 13.9 Å². The van der Waals surface area contributed by atoms with E-state index in [1.165, 1.54) is 0 Å². The maximum Gasteiger partial charge on any atom is 0.231 e. The van der Waals surface area contributed by atoms with Gasteiger partial charge >= 0.3 is 0 Å². The van der Waals surface area contributed by atoms with Gasteiger partial charge in [-0.2, -0.15) is 0 Å². The van der Waals surface area contributed by atoms with Crippen molar-refractivity contribution in [3.05, 3.63) is 46.3 Å². The standard InChI is InChI=1S/C16H18BrN3O3.HI/c1-18-16(19-5-4-12-3-2-6-21-12)20-9-11-7-13(17)15-14(8-11)22-10-23-15;/h2-3,6-8H,4-5,9-10H2,1H3,(H2,18,19,20);1H. The first kappa shape index (κ1) is 18.9. The Morgan fingerprint density at radius 2 is 2.17 bits per heavy atom. The molecule has 1 aromatic heterocycles. The van der Waals surface area contributed by atoms with Crippen LogP contribution in [-0.4, -0.2) is 26.3 Å². The second-order valence-electron chi connectivity index (χ2n) is 4.99. The Hall–Kier alpha value is -1.42. The number of furan rings is 1. The van der Waals surface area contributed by atoms with Crippen LogP contribution in [0.1, 0.15) is 11.3 Å². The minimum Gasteiger partial charge on any atom is -0.469 e. The molecule has 0 saturated carbocycles. The van der Waals surface area contributed by atoms with Crippen molar-refractivity contribution >= 4 is 45.9 Å². The quantitative estimate of drug-likeness (QED) is 0.369. The highest BCUT2D eigenvalue weighted by atomic mass is 127. The van der Waals surface area contributed by atoms with Crippen LogP contribution in [0.4, 0.5) is 0 Å². The summed E-state index contributed by atoms with van der Waals surface area (Å²) in [4.78, 5) is 4.21. The molecule has 24 heavy (non-hydrogen) atoms. The van der Waals surface area contributed by atoms with Gasteiger partial charge in [-0.15, -0.1) is 24.0 Å². The molecule has 1 aliphatic heterocycles. The van der Waals surface area contributed by atoms with Crippen molar-refractivity contribution in [2.24, 2.45) is 4.99 Å². The van der Waals surface area contributed by atoms with E-state index in [2.05, 4.69) is 31.6 Å². The van der Waals surface area contributed by atoms with Gasteiger partial charge in [0.25, 0.3) is 0 Å². The van der Waals surface area contributed by atoms with E-state index >= 15 is 0 Å². The predicted octanol–water partition coefficient (Wildman–Crippen LogP) is 3.30. The number of nitrogens with one attached hydrogen (secondary N) is 2. The van der Waals surface area contributed by atoms with Crippen LogP contribution >= 0.6 is 39.9 Å². The highest BCUT2D eigenvalue weighted by molar-refractivity contribution is 14.0. The SMILES string of the molecule is CN=C(NCCc1ccco1)NCc1cc(Br)c2c(c1)OCO2.I. The second-order valence-corrected chi connectivity index (χ2v) is 5.85. The molecule has 0 fully saturated rings. The van der Waals surface area contributed by atoms with Crippen LogP contribution in [0.2, 0.25) is 0 Å². The fourth-order valence-electron chi connectivity index (χ4n) is 2.29. The fourth-order valence-corrected chi connectivity index (χ4v) is 2.89. The summed E-state index contributed by atoms with van der Waals surface area (Å²) < 4.78 is 17.0. The molecule has 6 nitrogen and oxygen atoms in total. The van der Waals surface area contributed by atoms with E-state index < -0.39 is 0 Å². The van der Waals surface area contributed by atoms with Crippen LogP contribution in [0.5, 0.6) is 11.5 Å². The number of aliphatic imine (C=N–C) groups is 1. The monoisotopic (exact) mass is 507 g/mol. The largest absolute Gasteiger partial charge is 0.469 e. The number of hydrogen-bond donors (Lipinski definition) is 2. The van der Waals surface area contributed by atoms with Crippen LogP contribution in [0.15, 0.2) is 44.4 Å². The van der Waals surface area contributed by atoms with E-state index in [4.69, 9.17) is 13.9 Å². The van der Waals surface area contributed by atoms with Crippen LogP contribution in [0.25, 0.3) is 0 Å². The van der Waals surface area contributed by atoms with Crippen molar-refractivity contribution in [2.75, 3.05) is 20.4 Å². The van der Waals surface area contributed by atoms with Crippen molar-refractivity contribution in [1.29, 1.82) is 0 Å². The Labute approximate surface area is 166 Å². The Kier molecular flexibility index (Phi) is 7.22. The summed E-state index contributed by atoms with van der Waals surface area (Å²) in [6.45, 7) is 1.65. The van der Waals surface area contributed by atoms with Gasteiger partial charge in [0.1, 0.15) is 5.76 Å². The average Bonchev–Trinajstić information content (AvgIpc) is 3.22. The second kappa shape index (κ2) is 9.16. The first-order valence-electron chi connectivity index (χ1n) is 7.31. The zero-order chi connectivity index (χ0) is 16.1. The lowest BCUT2D eigenvalue weighted by Crippen LogP contribution is -2.37. The summed E-state index contributed by atoms with van der Waals surface area (Å²) in [5, 5.41) is 6.53. The molecule has 0 unspecified atom stereocenters. The molecule has 2 N–H and O–H groups in total. The van der Waals surface area contributed by atoms with Crippen LogP contribution in [-0.2, 0) is 13.0 Å². The molecule has 1 aromatic carbocycles. The van der Waals surface area contributed by atoms with E-state index in [9.17, 15) is 0 Å². The van der Waals surface area contributed by atoms with Gasteiger partial charge in [-0.05, 0) is 45.8 Å². The van der Waals surface area contributed by atoms with Crippen LogP contribution < -0.4 is 20.1 Å². The predicted molar refractivity (Wildman–Crippen MR) is 106 cm³/mol. The molecular formula is C16H19BrIN3O3. The van der Waals surface area contributed by atoms with E-state index in [-0.39, 0.29) is 30.8 Å². The summed E-state index contributed by atoms with van der Waals surface area (Å²) in [6.07, 6.45) is 2.49. The van der Waals surface area contributed by atoms with Gasteiger partial charge in [0.15, 0.2) is 17.5 Å². The smallest absolute Gasteiger partial charge is 0.231 e. The number of nitrogens with zero attached hydrogens (tertiary/aromatic N) is 1. The molecule has 0 bridgehead atoms. The summed E-state index contributed by atoms with van der Waals surface area (Å²) in [7, 11) is 1.75. The normalized spacial score (nSPS) is 12.7. The number of benzene rings is 1. The minimum absolute atomic E-state index is 0. The fraction of sp³-hybridized carbons (Fsp3) is 0.312. The van der Waals surface area contributed by atoms with Crippen LogP contribution in [0, 0.1) is 0 Å². The van der Waals surface area contributed by atoms with Crippen molar-refractivity contribution in [2.45, 2.75) is 13.0 Å². The third-order valence-corrected chi connectivity index (χ3v) is 4.00. The molecule has 1 aliphatic rings. The molecule has 0 saturated heterocycles. The molecule has 2 heterocycles. The number of rotatable bonds is 5. The maximum atomic E-state index is 5.42. The molecule has 2 aromatic rings. The molecule has 0 amide bonds. The van der Waals surface area contributed by atoms with Gasteiger partial charge in [-0.25, -0.2) is 0 Å². The number of hydrogen-bond acceptors (Lipinski definition) is 4. The summed E-state index contributed by atoms with van der Waals surface area (Å²) in [6, 6.07) is 7.83. The Morgan fingerprint density at radius 1 is 1.29 bits per heavy atom. The lowest BCUT2D eigenvalue weighted by molar-refractivity contribution is 0.173.